The Morgan fingerprint density at radius 1 is 1.41 bits per heavy atom. The van der Waals surface area contributed by atoms with Gasteiger partial charge in [0.05, 0.1) is 6.10 Å². The van der Waals surface area contributed by atoms with E-state index in [1.165, 1.54) is 0 Å². The summed E-state index contributed by atoms with van der Waals surface area (Å²) >= 11 is 0. The first-order valence-electron chi connectivity index (χ1n) is 5.54. The number of aliphatic hydroxyl groups excluding tert-OH is 1. The van der Waals surface area contributed by atoms with E-state index in [4.69, 9.17) is 4.74 Å². The van der Waals surface area contributed by atoms with Crippen molar-refractivity contribution in [3.05, 3.63) is 48.0 Å². The van der Waals surface area contributed by atoms with E-state index < -0.39 is 6.10 Å². The number of hydrogen-bond acceptors (Lipinski definition) is 3. The molecular formula is C13H16N2O2. The maximum absolute atomic E-state index is 9.62. The Balaban J connectivity index is 2.11. The first kappa shape index (κ1) is 11.7. The molecule has 2 aromatic rings. The molecule has 1 aromatic carbocycles. The smallest absolute Gasteiger partial charge is 0.146 e. The molecule has 1 atom stereocenters. The van der Waals surface area contributed by atoms with Crippen molar-refractivity contribution in [2.75, 3.05) is 0 Å². The van der Waals surface area contributed by atoms with Gasteiger partial charge in [-0.05, 0) is 13.0 Å². The molecule has 1 heterocycles. The van der Waals surface area contributed by atoms with Gasteiger partial charge in [0.1, 0.15) is 18.2 Å². The van der Waals surface area contributed by atoms with Crippen molar-refractivity contribution in [1.29, 1.82) is 0 Å². The molecule has 90 valence electrons. The molecule has 1 N–H and O–H groups in total. The van der Waals surface area contributed by atoms with Crippen LogP contribution in [-0.4, -0.2) is 14.7 Å². The van der Waals surface area contributed by atoms with Gasteiger partial charge in [0.15, 0.2) is 0 Å². The van der Waals surface area contributed by atoms with Crippen LogP contribution >= 0.6 is 0 Å². The number of hydrogen-bond donors (Lipinski definition) is 1. The monoisotopic (exact) mass is 232 g/mol. The molecule has 0 aliphatic rings. The Bertz CT molecular complexity index is 492. The van der Waals surface area contributed by atoms with Gasteiger partial charge in [0, 0.05) is 25.0 Å². The van der Waals surface area contributed by atoms with Crippen LogP contribution in [0.1, 0.15) is 24.4 Å². The van der Waals surface area contributed by atoms with Crippen molar-refractivity contribution < 1.29 is 9.84 Å². The summed E-state index contributed by atoms with van der Waals surface area (Å²) < 4.78 is 7.59. The highest BCUT2D eigenvalue weighted by molar-refractivity contribution is 5.34. The van der Waals surface area contributed by atoms with E-state index in [2.05, 4.69) is 4.98 Å². The lowest BCUT2D eigenvalue weighted by atomic mass is 10.1. The summed E-state index contributed by atoms with van der Waals surface area (Å²) in [5.41, 5.74) is 0.793. The predicted octanol–water partition coefficient (Wildman–Crippen LogP) is 2.05. The van der Waals surface area contributed by atoms with Crippen molar-refractivity contribution in [2.24, 2.45) is 7.05 Å². The molecule has 2 rings (SSSR count). The van der Waals surface area contributed by atoms with Crippen LogP contribution in [0.5, 0.6) is 5.75 Å². The summed E-state index contributed by atoms with van der Waals surface area (Å²) in [6.07, 6.45) is 3.07. The van der Waals surface area contributed by atoms with E-state index in [1.807, 2.05) is 42.1 Å². The second-order valence-corrected chi connectivity index (χ2v) is 3.96. The van der Waals surface area contributed by atoms with Crippen molar-refractivity contribution in [3.63, 3.8) is 0 Å². The molecule has 4 nitrogen and oxygen atoms in total. The van der Waals surface area contributed by atoms with Crippen LogP contribution in [0.3, 0.4) is 0 Å². The lowest BCUT2D eigenvalue weighted by Crippen LogP contribution is -2.05. The van der Waals surface area contributed by atoms with Crippen molar-refractivity contribution in [1.82, 2.24) is 9.55 Å². The summed E-state index contributed by atoms with van der Waals surface area (Å²) in [4.78, 5) is 4.18. The first-order chi connectivity index (χ1) is 8.18. The Labute approximate surface area is 100 Å². The summed E-state index contributed by atoms with van der Waals surface area (Å²) in [5.74, 6) is 1.55. The average molecular weight is 232 g/mol. The highest BCUT2D eigenvalue weighted by Crippen LogP contribution is 2.25. The lowest BCUT2D eigenvalue weighted by Gasteiger charge is -2.12. The number of aromatic nitrogens is 2. The normalized spacial score (nSPS) is 12.4. The summed E-state index contributed by atoms with van der Waals surface area (Å²) in [6.45, 7) is 2.12. The predicted molar refractivity (Wildman–Crippen MR) is 64.6 cm³/mol. The number of aryl methyl sites for hydroxylation is 1. The molecule has 0 bridgehead atoms. The summed E-state index contributed by atoms with van der Waals surface area (Å²) in [6, 6.07) is 7.48. The number of imidazole rings is 1. The third-order valence-corrected chi connectivity index (χ3v) is 2.65. The Kier molecular flexibility index (Phi) is 3.44. The van der Waals surface area contributed by atoms with Gasteiger partial charge in [-0.2, -0.15) is 0 Å². The zero-order valence-corrected chi connectivity index (χ0v) is 10.00. The first-order valence-corrected chi connectivity index (χ1v) is 5.54. The van der Waals surface area contributed by atoms with Gasteiger partial charge in [-0.3, -0.25) is 0 Å². The van der Waals surface area contributed by atoms with Gasteiger partial charge in [0.2, 0.25) is 0 Å². The van der Waals surface area contributed by atoms with Crippen LogP contribution in [0.15, 0.2) is 36.7 Å². The zero-order valence-electron chi connectivity index (χ0n) is 10.00. The molecule has 0 fully saturated rings. The van der Waals surface area contributed by atoms with Gasteiger partial charge in [-0.1, -0.05) is 18.2 Å². The minimum Gasteiger partial charge on any atom is -0.485 e. The molecule has 0 saturated heterocycles. The SMILES string of the molecule is C[C@H](O)c1ccccc1OCc1nccn1C. The topological polar surface area (TPSA) is 47.3 Å². The molecule has 1 aromatic heterocycles. The van der Waals surface area contributed by atoms with Crippen molar-refractivity contribution in [2.45, 2.75) is 19.6 Å². The minimum atomic E-state index is -0.535. The highest BCUT2D eigenvalue weighted by atomic mass is 16.5. The van der Waals surface area contributed by atoms with Gasteiger partial charge in [-0.15, -0.1) is 0 Å². The fraction of sp³-hybridized carbons (Fsp3) is 0.308. The molecular weight excluding hydrogens is 216 g/mol. The van der Waals surface area contributed by atoms with Gasteiger partial charge in [0.25, 0.3) is 0 Å². The number of aliphatic hydroxyl groups is 1. The summed E-state index contributed by atoms with van der Waals surface area (Å²) in [5, 5.41) is 9.62. The molecule has 17 heavy (non-hydrogen) atoms. The van der Waals surface area contributed by atoms with Crippen LogP contribution in [0.2, 0.25) is 0 Å². The van der Waals surface area contributed by atoms with Gasteiger partial charge in [-0.25, -0.2) is 4.98 Å². The average Bonchev–Trinajstić information content (AvgIpc) is 2.72. The van der Waals surface area contributed by atoms with E-state index in [-0.39, 0.29) is 0 Å². The molecule has 0 unspecified atom stereocenters. The number of para-hydroxylation sites is 1. The second-order valence-electron chi connectivity index (χ2n) is 3.96. The fourth-order valence-corrected chi connectivity index (χ4v) is 1.63. The molecule has 0 spiro atoms. The second kappa shape index (κ2) is 5.01. The molecule has 0 amide bonds. The number of benzene rings is 1. The fourth-order valence-electron chi connectivity index (χ4n) is 1.63. The third kappa shape index (κ3) is 2.65. The van der Waals surface area contributed by atoms with E-state index >= 15 is 0 Å². The Morgan fingerprint density at radius 3 is 2.82 bits per heavy atom. The van der Waals surface area contributed by atoms with Crippen molar-refractivity contribution >= 4 is 0 Å². The summed E-state index contributed by atoms with van der Waals surface area (Å²) in [7, 11) is 1.92. The van der Waals surface area contributed by atoms with Crippen LogP contribution in [-0.2, 0) is 13.7 Å². The maximum Gasteiger partial charge on any atom is 0.146 e. The molecule has 0 saturated carbocycles. The van der Waals surface area contributed by atoms with Gasteiger partial charge >= 0.3 is 0 Å². The number of ether oxygens (including phenoxy) is 1. The van der Waals surface area contributed by atoms with Crippen LogP contribution in [0.4, 0.5) is 0 Å². The number of nitrogens with zero attached hydrogens (tertiary/aromatic N) is 2. The standard InChI is InChI=1S/C13H16N2O2/c1-10(16)11-5-3-4-6-12(11)17-9-13-14-7-8-15(13)2/h3-8,10,16H,9H2,1-2H3/t10-/m0/s1. The molecule has 0 aliphatic heterocycles. The van der Waals surface area contributed by atoms with Crippen LogP contribution in [0.25, 0.3) is 0 Å². The van der Waals surface area contributed by atoms with Crippen molar-refractivity contribution in [3.8, 4) is 5.75 Å². The zero-order chi connectivity index (χ0) is 12.3. The quantitative estimate of drug-likeness (QED) is 0.877. The lowest BCUT2D eigenvalue weighted by molar-refractivity contribution is 0.189. The molecule has 0 aliphatic carbocycles. The Hall–Kier alpha value is -1.81. The Morgan fingerprint density at radius 2 is 2.18 bits per heavy atom. The maximum atomic E-state index is 9.62. The largest absolute Gasteiger partial charge is 0.485 e. The van der Waals surface area contributed by atoms with E-state index in [1.54, 1.807) is 13.1 Å². The third-order valence-electron chi connectivity index (χ3n) is 2.65. The minimum absolute atomic E-state index is 0.396. The van der Waals surface area contributed by atoms with E-state index in [0.29, 0.717) is 12.4 Å². The number of rotatable bonds is 4. The van der Waals surface area contributed by atoms with Gasteiger partial charge < -0.3 is 14.4 Å². The van der Waals surface area contributed by atoms with E-state index in [9.17, 15) is 5.11 Å². The molecule has 0 radical (unpaired) electrons. The van der Waals surface area contributed by atoms with E-state index in [0.717, 1.165) is 11.4 Å². The van der Waals surface area contributed by atoms with Crippen LogP contribution < -0.4 is 4.74 Å². The molecule has 4 heteroatoms. The highest BCUT2D eigenvalue weighted by Gasteiger charge is 2.09. The van der Waals surface area contributed by atoms with Crippen LogP contribution in [0, 0.1) is 0 Å².